The quantitative estimate of drug-likeness (QED) is 0.474. The van der Waals surface area contributed by atoms with Crippen molar-refractivity contribution < 1.29 is 26.5 Å². The number of alkyl halides is 2. The Morgan fingerprint density at radius 3 is 2.30 bits per heavy atom. The van der Waals surface area contributed by atoms with Crippen LogP contribution >= 0.6 is 0 Å². The third-order valence-corrected chi connectivity index (χ3v) is 6.00. The average molecular weight is 309 g/mol. The van der Waals surface area contributed by atoms with Crippen LogP contribution in [0.5, 0.6) is 0 Å². The fraction of sp³-hybridized carbons (Fsp3) is 0.917. The Hall–Kier alpha value is -0.760. The van der Waals surface area contributed by atoms with Gasteiger partial charge in [-0.15, -0.1) is 0 Å². The Morgan fingerprint density at radius 1 is 1.30 bits per heavy atom. The second-order valence-electron chi connectivity index (χ2n) is 6.58. The summed E-state index contributed by atoms with van der Waals surface area (Å²) in [5.74, 6) is 0.201. The summed E-state index contributed by atoms with van der Waals surface area (Å²) >= 11 is 0. The maximum atomic E-state index is 13.2. The molecule has 0 heterocycles. The smallest absolute Gasteiger partial charge is 0.443 e. The molecule has 5 nitrogen and oxygen atoms in total. The Balaban J connectivity index is 1.65. The zero-order valence-corrected chi connectivity index (χ0v) is 11.6. The van der Waals surface area contributed by atoms with E-state index in [1.54, 1.807) is 0 Å². The molecule has 4 rings (SSSR count). The maximum absolute atomic E-state index is 13.2. The molecule has 114 valence electrons. The molecule has 0 amide bonds. The van der Waals surface area contributed by atoms with E-state index in [4.69, 9.17) is 14.7 Å². The molecular weight excluding hydrogens is 292 g/mol. The molecule has 0 aromatic carbocycles. The van der Waals surface area contributed by atoms with Crippen LogP contribution in [0.2, 0.25) is 0 Å². The van der Waals surface area contributed by atoms with Gasteiger partial charge in [0.25, 0.3) is 5.90 Å². The van der Waals surface area contributed by atoms with Crippen molar-refractivity contribution in [3.8, 4) is 0 Å². The van der Waals surface area contributed by atoms with Crippen LogP contribution in [0, 0.1) is 28.6 Å². The van der Waals surface area contributed by atoms with Gasteiger partial charge in [-0.1, -0.05) is 0 Å². The molecule has 4 saturated carbocycles. The van der Waals surface area contributed by atoms with Crippen LogP contribution in [-0.4, -0.2) is 30.7 Å². The van der Waals surface area contributed by atoms with Crippen LogP contribution in [0.3, 0.4) is 0 Å². The van der Waals surface area contributed by atoms with Crippen LogP contribution in [0.1, 0.15) is 32.1 Å². The molecule has 2 unspecified atom stereocenters. The molecule has 0 aromatic heterocycles. The predicted molar refractivity (Wildman–Crippen MR) is 66.2 cm³/mol. The van der Waals surface area contributed by atoms with Crippen LogP contribution in [0.15, 0.2) is 0 Å². The molecule has 4 aliphatic carbocycles. The van der Waals surface area contributed by atoms with Crippen LogP contribution < -0.4 is 0 Å². The van der Waals surface area contributed by atoms with Gasteiger partial charge in [0.15, 0.2) is 0 Å². The first kappa shape index (κ1) is 14.2. The number of hydrogen-bond donors (Lipinski definition) is 2. The Morgan fingerprint density at radius 2 is 1.85 bits per heavy atom. The molecule has 8 heteroatoms. The highest BCUT2D eigenvalue weighted by Gasteiger charge is 2.57. The van der Waals surface area contributed by atoms with Crippen LogP contribution in [-0.2, 0) is 14.9 Å². The van der Waals surface area contributed by atoms with Gasteiger partial charge < -0.3 is 4.74 Å². The molecular formula is C12H17F2NO4S. The molecule has 2 N–H and O–H groups in total. The van der Waals surface area contributed by atoms with Crippen LogP contribution in [0.25, 0.3) is 0 Å². The summed E-state index contributed by atoms with van der Waals surface area (Å²) in [7, 11) is -5.66. The van der Waals surface area contributed by atoms with Crippen molar-refractivity contribution in [2.75, 3.05) is 6.61 Å². The third-order valence-electron chi connectivity index (χ3n) is 5.16. The lowest BCUT2D eigenvalue weighted by atomic mass is 9.70. The Bertz CT molecular complexity index is 528. The second-order valence-corrected chi connectivity index (χ2v) is 8.04. The summed E-state index contributed by atoms with van der Waals surface area (Å²) in [6.07, 6.45) is 5.14. The van der Waals surface area contributed by atoms with Gasteiger partial charge in [0.1, 0.15) is 0 Å². The minimum absolute atomic E-state index is 0.0551. The lowest BCUT2D eigenvalue weighted by Crippen LogP contribution is -2.41. The van der Waals surface area contributed by atoms with E-state index in [2.05, 4.69) is 0 Å². The Kier molecular flexibility index (Phi) is 2.93. The van der Waals surface area contributed by atoms with Crippen molar-refractivity contribution in [3.05, 3.63) is 0 Å². The van der Waals surface area contributed by atoms with Gasteiger partial charge in [0, 0.05) is 5.41 Å². The highest BCUT2D eigenvalue weighted by molar-refractivity contribution is 7.87. The monoisotopic (exact) mass is 309 g/mol. The summed E-state index contributed by atoms with van der Waals surface area (Å²) in [4.78, 5) is 0. The number of ether oxygens (including phenoxy) is 1. The summed E-state index contributed by atoms with van der Waals surface area (Å²) in [6.45, 7) is -0.0551. The lowest BCUT2D eigenvalue weighted by molar-refractivity contribution is 0.0436. The molecule has 4 bridgehead atoms. The fourth-order valence-corrected chi connectivity index (χ4v) is 4.88. The molecule has 4 aliphatic rings. The first-order valence-electron chi connectivity index (χ1n) is 6.70. The van der Waals surface area contributed by atoms with E-state index in [0.717, 1.165) is 19.3 Å². The number of hydrogen-bond acceptors (Lipinski definition) is 4. The molecule has 0 aromatic rings. The molecule has 0 aliphatic heterocycles. The third kappa shape index (κ3) is 2.04. The van der Waals surface area contributed by atoms with E-state index in [9.17, 15) is 17.2 Å². The largest absolute Gasteiger partial charge is 0.475 e. The summed E-state index contributed by atoms with van der Waals surface area (Å²) in [6, 6.07) is 0. The van der Waals surface area contributed by atoms with Crippen molar-refractivity contribution in [2.45, 2.75) is 37.4 Å². The van der Waals surface area contributed by atoms with Gasteiger partial charge in [-0.3, -0.25) is 9.96 Å². The molecule has 0 spiro atoms. The standard InChI is InChI=1S/C12H17F2NO4S/c13-12(14,20(16,17)18)10(15)19-6-11-3-7-1-8(4-11)9(2-7)5-11/h7-9,15H,1-6H2,(H,16,17,18). The first-order chi connectivity index (χ1) is 9.13. The van der Waals surface area contributed by atoms with E-state index in [-0.39, 0.29) is 12.0 Å². The van der Waals surface area contributed by atoms with Gasteiger partial charge in [-0.05, 0) is 49.9 Å². The summed E-state index contributed by atoms with van der Waals surface area (Å²) < 4.78 is 60.7. The van der Waals surface area contributed by atoms with E-state index >= 15 is 0 Å². The van der Waals surface area contributed by atoms with Gasteiger partial charge >= 0.3 is 15.4 Å². The van der Waals surface area contributed by atoms with Crippen molar-refractivity contribution in [1.29, 1.82) is 5.41 Å². The van der Waals surface area contributed by atoms with Crippen molar-refractivity contribution >= 4 is 16.0 Å². The normalized spacial score (nSPS) is 39.2. The van der Waals surface area contributed by atoms with E-state index in [1.807, 2.05) is 0 Å². The van der Waals surface area contributed by atoms with Gasteiger partial charge in [-0.2, -0.15) is 17.2 Å². The van der Waals surface area contributed by atoms with Gasteiger partial charge in [0.2, 0.25) is 0 Å². The topological polar surface area (TPSA) is 87.5 Å². The van der Waals surface area contributed by atoms with Crippen molar-refractivity contribution in [2.24, 2.45) is 23.2 Å². The van der Waals surface area contributed by atoms with Gasteiger partial charge in [-0.25, -0.2) is 0 Å². The zero-order valence-electron chi connectivity index (χ0n) is 10.8. The molecule has 20 heavy (non-hydrogen) atoms. The van der Waals surface area contributed by atoms with E-state index in [0.29, 0.717) is 17.8 Å². The second kappa shape index (κ2) is 4.13. The SMILES string of the molecule is N=C(OCC12CC3CC(C1)C(C3)C2)C(F)(F)S(=O)(=O)O. The number of rotatable bonds is 4. The maximum Gasteiger partial charge on any atom is 0.443 e. The van der Waals surface area contributed by atoms with Crippen molar-refractivity contribution in [3.63, 3.8) is 0 Å². The number of nitrogens with one attached hydrogen (secondary N) is 1. The van der Waals surface area contributed by atoms with Crippen molar-refractivity contribution in [1.82, 2.24) is 0 Å². The van der Waals surface area contributed by atoms with Gasteiger partial charge in [0.05, 0.1) is 6.61 Å². The molecule has 0 radical (unpaired) electrons. The highest BCUT2D eigenvalue weighted by atomic mass is 32.2. The molecule has 4 fully saturated rings. The highest BCUT2D eigenvalue weighted by Crippen LogP contribution is 2.64. The number of halogens is 2. The first-order valence-corrected chi connectivity index (χ1v) is 8.14. The zero-order chi connectivity index (χ0) is 14.8. The Labute approximate surface area is 115 Å². The fourth-order valence-electron chi connectivity index (χ4n) is 4.58. The molecule has 0 saturated heterocycles. The summed E-state index contributed by atoms with van der Waals surface area (Å²) in [5, 5.41) is 2.42. The van der Waals surface area contributed by atoms with E-state index < -0.39 is 21.3 Å². The minimum Gasteiger partial charge on any atom is -0.475 e. The molecule has 2 atom stereocenters. The van der Waals surface area contributed by atoms with E-state index in [1.165, 1.54) is 12.8 Å². The lowest BCUT2D eigenvalue weighted by Gasteiger charge is -2.38. The average Bonchev–Trinajstić information content (AvgIpc) is 2.73. The van der Waals surface area contributed by atoms with Crippen LogP contribution in [0.4, 0.5) is 8.78 Å². The predicted octanol–water partition coefficient (Wildman–Crippen LogP) is 2.29. The summed E-state index contributed by atoms with van der Waals surface area (Å²) in [5.41, 5.74) is -0.182. The minimum atomic E-state index is -5.66.